The minimum atomic E-state index is -0.0365. The van der Waals surface area contributed by atoms with Crippen molar-refractivity contribution >= 4 is 33.4 Å². The molecule has 0 aromatic heterocycles. The number of benzene rings is 1. The van der Waals surface area contributed by atoms with Gasteiger partial charge in [0, 0.05) is 28.1 Å². The third kappa shape index (κ3) is 3.35. The summed E-state index contributed by atoms with van der Waals surface area (Å²) in [4.78, 5) is 13.8. The summed E-state index contributed by atoms with van der Waals surface area (Å²) in [5.41, 5.74) is 0.586. The highest BCUT2D eigenvalue weighted by Crippen LogP contribution is 2.20. The van der Waals surface area contributed by atoms with Crippen molar-refractivity contribution in [2.45, 2.75) is 6.92 Å². The Labute approximate surface area is 109 Å². The molecule has 0 bridgehead atoms. The molecular formula is C12H13BrClNO. The van der Waals surface area contributed by atoms with E-state index in [-0.39, 0.29) is 5.91 Å². The monoisotopic (exact) mass is 301 g/mol. The number of hydrogen-bond acceptors (Lipinski definition) is 1. The van der Waals surface area contributed by atoms with E-state index < -0.39 is 0 Å². The van der Waals surface area contributed by atoms with Gasteiger partial charge in [-0.25, -0.2) is 0 Å². The molecule has 0 saturated heterocycles. The van der Waals surface area contributed by atoms with Crippen LogP contribution in [0.5, 0.6) is 0 Å². The van der Waals surface area contributed by atoms with Crippen molar-refractivity contribution in [3.05, 3.63) is 45.9 Å². The number of carbonyl (C=O) groups is 1. The Morgan fingerprint density at radius 3 is 2.75 bits per heavy atom. The molecule has 4 heteroatoms. The average molecular weight is 303 g/mol. The van der Waals surface area contributed by atoms with Crippen LogP contribution in [0.1, 0.15) is 17.3 Å². The second-order valence-corrected chi connectivity index (χ2v) is 4.64. The lowest BCUT2D eigenvalue weighted by atomic mass is 10.2. The summed E-state index contributed by atoms with van der Waals surface area (Å²) in [7, 11) is 0. The number of carbonyl (C=O) groups excluding carboxylic acids is 1. The number of amides is 1. The van der Waals surface area contributed by atoms with Gasteiger partial charge >= 0.3 is 0 Å². The number of halogens is 2. The minimum Gasteiger partial charge on any atom is -0.335 e. The first-order chi connectivity index (χ1) is 7.58. The van der Waals surface area contributed by atoms with Crippen LogP contribution in [0.2, 0.25) is 5.02 Å². The van der Waals surface area contributed by atoms with Gasteiger partial charge in [-0.15, -0.1) is 6.58 Å². The number of rotatable bonds is 4. The Hall–Kier alpha value is -0.800. The average Bonchev–Trinajstić information content (AvgIpc) is 2.23. The Bertz CT molecular complexity index is 386. The smallest absolute Gasteiger partial charge is 0.254 e. The number of likely N-dealkylation sites (N-methyl/N-ethyl adjacent to an activating group) is 1. The zero-order valence-corrected chi connectivity index (χ0v) is 11.4. The van der Waals surface area contributed by atoms with E-state index in [1.54, 1.807) is 29.2 Å². The molecule has 1 aromatic carbocycles. The summed E-state index contributed by atoms with van der Waals surface area (Å²) < 4.78 is 0.804. The van der Waals surface area contributed by atoms with Gasteiger partial charge in [-0.3, -0.25) is 4.79 Å². The topological polar surface area (TPSA) is 20.3 Å². The fourth-order valence-electron chi connectivity index (χ4n) is 1.37. The maximum absolute atomic E-state index is 12.1. The highest BCUT2D eigenvalue weighted by molar-refractivity contribution is 9.10. The lowest BCUT2D eigenvalue weighted by Gasteiger charge is -2.19. The minimum absolute atomic E-state index is 0.0365. The molecule has 0 unspecified atom stereocenters. The van der Waals surface area contributed by atoms with Crippen LogP contribution < -0.4 is 0 Å². The molecule has 1 aromatic rings. The first kappa shape index (κ1) is 13.3. The predicted molar refractivity (Wildman–Crippen MR) is 70.9 cm³/mol. The van der Waals surface area contributed by atoms with Crippen LogP contribution in [0.3, 0.4) is 0 Å². The molecule has 0 spiro atoms. The molecule has 0 aliphatic rings. The standard InChI is InChI=1S/C12H13BrClNO/c1-3-5-15(4-2)12(16)9-6-10(13)8-11(14)7-9/h3,6-8H,1,4-5H2,2H3. The first-order valence-corrected chi connectivity index (χ1v) is 6.11. The predicted octanol–water partition coefficient (Wildman–Crippen LogP) is 3.75. The highest BCUT2D eigenvalue weighted by Gasteiger charge is 2.13. The summed E-state index contributed by atoms with van der Waals surface area (Å²) in [5.74, 6) is -0.0365. The molecule has 0 radical (unpaired) electrons. The van der Waals surface area contributed by atoms with Crippen molar-refractivity contribution in [3.8, 4) is 0 Å². The van der Waals surface area contributed by atoms with E-state index in [1.165, 1.54) is 0 Å². The fraction of sp³-hybridized carbons (Fsp3) is 0.250. The van der Waals surface area contributed by atoms with Gasteiger partial charge in [0.25, 0.3) is 5.91 Å². The number of nitrogens with zero attached hydrogens (tertiary/aromatic N) is 1. The Kier molecular flexibility index (Phi) is 5.03. The normalized spacial score (nSPS) is 9.94. The van der Waals surface area contributed by atoms with Gasteiger partial charge < -0.3 is 4.90 Å². The molecule has 0 aliphatic heterocycles. The maximum Gasteiger partial charge on any atom is 0.254 e. The van der Waals surface area contributed by atoms with Crippen molar-refractivity contribution < 1.29 is 4.79 Å². The van der Waals surface area contributed by atoms with E-state index in [9.17, 15) is 4.79 Å². The molecule has 86 valence electrons. The molecule has 0 fully saturated rings. The van der Waals surface area contributed by atoms with Gasteiger partial charge in [-0.05, 0) is 25.1 Å². The van der Waals surface area contributed by atoms with Gasteiger partial charge in [-0.2, -0.15) is 0 Å². The van der Waals surface area contributed by atoms with Crippen LogP contribution >= 0.6 is 27.5 Å². The van der Waals surface area contributed by atoms with Crippen molar-refractivity contribution in [1.29, 1.82) is 0 Å². The quantitative estimate of drug-likeness (QED) is 0.776. The number of hydrogen-bond donors (Lipinski definition) is 0. The second kappa shape index (κ2) is 6.06. The van der Waals surface area contributed by atoms with Crippen LogP contribution in [0.15, 0.2) is 35.3 Å². The van der Waals surface area contributed by atoms with E-state index >= 15 is 0 Å². The van der Waals surface area contributed by atoms with Crippen molar-refractivity contribution in [1.82, 2.24) is 4.90 Å². The van der Waals surface area contributed by atoms with Crippen LogP contribution in [0.25, 0.3) is 0 Å². The van der Waals surface area contributed by atoms with E-state index in [4.69, 9.17) is 11.6 Å². The van der Waals surface area contributed by atoms with Gasteiger partial charge in [0.15, 0.2) is 0 Å². The van der Waals surface area contributed by atoms with E-state index in [0.29, 0.717) is 23.7 Å². The molecule has 0 saturated carbocycles. The fourth-order valence-corrected chi connectivity index (χ4v) is 2.23. The van der Waals surface area contributed by atoms with Crippen LogP contribution in [0.4, 0.5) is 0 Å². The molecule has 16 heavy (non-hydrogen) atoms. The van der Waals surface area contributed by atoms with Crippen LogP contribution in [-0.4, -0.2) is 23.9 Å². The lowest BCUT2D eigenvalue weighted by Crippen LogP contribution is -2.30. The Balaban J connectivity index is 2.98. The second-order valence-electron chi connectivity index (χ2n) is 3.29. The SMILES string of the molecule is C=CCN(CC)C(=O)c1cc(Cl)cc(Br)c1. The maximum atomic E-state index is 12.1. The van der Waals surface area contributed by atoms with Gasteiger partial charge in [-0.1, -0.05) is 33.6 Å². The molecule has 2 nitrogen and oxygen atoms in total. The van der Waals surface area contributed by atoms with Gasteiger partial charge in [0.05, 0.1) is 0 Å². The summed E-state index contributed by atoms with van der Waals surface area (Å²) in [6.07, 6.45) is 1.71. The molecule has 0 N–H and O–H groups in total. The van der Waals surface area contributed by atoms with E-state index in [1.807, 2.05) is 6.92 Å². The summed E-state index contributed by atoms with van der Waals surface area (Å²) in [5, 5.41) is 0.549. The van der Waals surface area contributed by atoms with Gasteiger partial charge in [0.2, 0.25) is 0 Å². The van der Waals surface area contributed by atoms with Crippen molar-refractivity contribution in [2.24, 2.45) is 0 Å². The molecular weight excluding hydrogens is 289 g/mol. The van der Waals surface area contributed by atoms with Crippen LogP contribution in [-0.2, 0) is 0 Å². The van der Waals surface area contributed by atoms with E-state index in [0.717, 1.165) is 4.47 Å². The molecule has 1 amide bonds. The molecule has 0 aliphatic carbocycles. The molecule has 0 atom stereocenters. The van der Waals surface area contributed by atoms with Crippen molar-refractivity contribution in [2.75, 3.05) is 13.1 Å². The third-order valence-corrected chi connectivity index (χ3v) is 2.80. The zero-order valence-electron chi connectivity index (χ0n) is 9.04. The lowest BCUT2D eigenvalue weighted by molar-refractivity contribution is 0.0782. The zero-order chi connectivity index (χ0) is 12.1. The first-order valence-electron chi connectivity index (χ1n) is 4.94. The Morgan fingerprint density at radius 1 is 1.56 bits per heavy atom. The Morgan fingerprint density at radius 2 is 2.25 bits per heavy atom. The van der Waals surface area contributed by atoms with Crippen molar-refractivity contribution in [3.63, 3.8) is 0 Å². The van der Waals surface area contributed by atoms with Crippen LogP contribution in [0, 0.1) is 0 Å². The molecule has 0 heterocycles. The summed E-state index contributed by atoms with van der Waals surface area (Å²) in [6.45, 7) is 6.75. The highest BCUT2D eigenvalue weighted by atomic mass is 79.9. The third-order valence-electron chi connectivity index (χ3n) is 2.13. The molecule has 1 rings (SSSR count). The largest absolute Gasteiger partial charge is 0.335 e. The summed E-state index contributed by atoms with van der Waals surface area (Å²) in [6, 6.07) is 5.18. The van der Waals surface area contributed by atoms with Gasteiger partial charge in [0.1, 0.15) is 0 Å². The summed E-state index contributed by atoms with van der Waals surface area (Å²) >= 11 is 9.21. The van der Waals surface area contributed by atoms with E-state index in [2.05, 4.69) is 22.5 Å².